The van der Waals surface area contributed by atoms with E-state index < -0.39 is 11.7 Å². The third kappa shape index (κ3) is 5.97. The van der Waals surface area contributed by atoms with Crippen molar-refractivity contribution < 1.29 is 13.2 Å². The van der Waals surface area contributed by atoms with Gasteiger partial charge in [-0.25, -0.2) is 0 Å². The number of thioether (sulfide) groups is 1. The number of halogens is 3. The smallest absolute Gasteiger partial charge is 0.369 e. The van der Waals surface area contributed by atoms with Crippen molar-refractivity contribution in [1.29, 1.82) is 0 Å². The number of benzene rings is 1. The zero-order valence-electron chi connectivity index (χ0n) is 17.9. The van der Waals surface area contributed by atoms with Crippen molar-refractivity contribution in [2.75, 3.05) is 51.4 Å². The zero-order valence-corrected chi connectivity index (χ0v) is 18.7. The predicted octanol–water partition coefficient (Wildman–Crippen LogP) is 3.41. The summed E-state index contributed by atoms with van der Waals surface area (Å²) in [4.78, 5) is 8.69. The van der Waals surface area contributed by atoms with Crippen molar-refractivity contribution in [3.63, 3.8) is 0 Å². The fourth-order valence-electron chi connectivity index (χ4n) is 4.11. The zero-order chi connectivity index (χ0) is 21.7. The van der Waals surface area contributed by atoms with E-state index in [1.807, 2.05) is 11.8 Å². The van der Waals surface area contributed by atoms with E-state index in [-0.39, 0.29) is 0 Å². The molecule has 1 saturated heterocycles. The summed E-state index contributed by atoms with van der Waals surface area (Å²) < 4.78 is 40.0. The van der Waals surface area contributed by atoms with Gasteiger partial charge in [0.2, 0.25) is 0 Å². The van der Waals surface area contributed by atoms with Crippen LogP contribution < -0.4 is 15.5 Å². The number of likely N-dealkylation sites (N-methyl/N-ethyl adjacent to an activating group) is 1. The van der Waals surface area contributed by atoms with Crippen molar-refractivity contribution in [3.05, 3.63) is 29.3 Å². The SMILES string of the molecule is CN=C(NCc1cc(C(F)(F)F)ccc1N1CCN(C)CC1)NC1CCC(SC)C1. The van der Waals surface area contributed by atoms with Gasteiger partial charge in [-0.1, -0.05) is 0 Å². The first-order valence-electron chi connectivity index (χ1n) is 10.4. The number of alkyl halides is 3. The van der Waals surface area contributed by atoms with Gasteiger partial charge in [0.05, 0.1) is 5.56 Å². The Labute approximate surface area is 181 Å². The largest absolute Gasteiger partial charge is 0.416 e. The molecule has 1 heterocycles. The van der Waals surface area contributed by atoms with E-state index in [1.165, 1.54) is 18.6 Å². The first-order valence-corrected chi connectivity index (χ1v) is 11.7. The van der Waals surface area contributed by atoms with Crippen LogP contribution in [0.4, 0.5) is 18.9 Å². The molecule has 1 aliphatic heterocycles. The minimum absolute atomic E-state index is 0.296. The van der Waals surface area contributed by atoms with Crippen molar-refractivity contribution in [3.8, 4) is 0 Å². The van der Waals surface area contributed by atoms with Gasteiger partial charge < -0.3 is 20.4 Å². The summed E-state index contributed by atoms with van der Waals surface area (Å²) in [7, 11) is 3.76. The van der Waals surface area contributed by atoms with Gasteiger partial charge in [-0.2, -0.15) is 24.9 Å². The Morgan fingerprint density at radius 1 is 1.20 bits per heavy atom. The van der Waals surface area contributed by atoms with Gasteiger partial charge in [0.25, 0.3) is 0 Å². The number of nitrogens with one attached hydrogen (secondary N) is 2. The lowest BCUT2D eigenvalue weighted by Gasteiger charge is -2.35. The van der Waals surface area contributed by atoms with Gasteiger partial charge >= 0.3 is 6.18 Å². The lowest BCUT2D eigenvalue weighted by atomic mass is 10.1. The van der Waals surface area contributed by atoms with Crippen molar-refractivity contribution in [2.24, 2.45) is 4.99 Å². The van der Waals surface area contributed by atoms with E-state index in [1.54, 1.807) is 13.1 Å². The van der Waals surface area contributed by atoms with Gasteiger partial charge in [-0.3, -0.25) is 4.99 Å². The maximum absolute atomic E-state index is 13.3. The average molecular weight is 444 g/mol. The van der Waals surface area contributed by atoms with Crippen LogP contribution in [0.1, 0.15) is 30.4 Å². The number of guanidine groups is 1. The van der Waals surface area contributed by atoms with Gasteiger partial charge in [0.1, 0.15) is 0 Å². The van der Waals surface area contributed by atoms with Crippen LogP contribution in [0.3, 0.4) is 0 Å². The fourth-order valence-corrected chi connectivity index (χ4v) is 4.91. The Balaban J connectivity index is 1.72. The molecular formula is C21H32F3N5S. The van der Waals surface area contributed by atoms with Crippen molar-refractivity contribution in [2.45, 2.75) is 43.3 Å². The van der Waals surface area contributed by atoms with Crippen LogP contribution in [-0.2, 0) is 12.7 Å². The summed E-state index contributed by atoms with van der Waals surface area (Å²) in [5, 5.41) is 7.33. The van der Waals surface area contributed by atoms with E-state index in [4.69, 9.17) is 0 Å². The second kappa shape index (κ2) is 10.1. The topological polar surface area (TPSA) is 42.9 Å². The number of hydrogen-bond acceptors (Lipinski definition) is 4. The molecule has 0 spiro atoms. The second-order valence-electron chi connectivity index (χ2n) is 8.07. The molecule has 0 radical (unpaired) electrons. The third-order valence-corrected chi connectivity index (χ3v) is 7.07. The van der Waals surface area contributed by atoms with Crippen LogP contribution in [-0.4, -0.2) is 68.7 Å². The molecule has 3 rings (SSSR count). The number of aliphatic imine (C=N–C) groups is 1. The summed E-state index contributed by atoms with van der Waals surface area (Å²) in [5.41, 5.74) is 0.895. The highest BCUT2D eigenvalue weighted by Crippen LogP contribution is 2.33. The first kappa shape index (κ1) is 23.1. The average Bonchev–Trinajstić information content (AvgIpc) is 3.18. The molecule has 2 aliphatic rings. The van der Waals surface area contributed by atoms with Crippen LogP contribution in [0.5, 0.6) is 0 Å². The predicted molar refractivity (Wildman–Crippen MR) is 119 cm³/mol. The van der Waals surface area contributed by atoms with Gasteiger partial charge in [-0.15, -0.1) is 0 Å². The summed E-state index contributed by atoms with van der Waals surface area (Å²) in [6.07, 6.45) is 1.12. The minimum atomic E-state index is -4.36. The van der Waals surface area contributed by atoms with Crippen LogP contribution in [0.2, 0.25) is 0 Å². The normalized spacial score (nSPS) is 23.7. The minimum Gasteiger partial charge on any atom is -0.369 e. The molecule has 1 aromatic carbocycles. The number of piperazine rings is 1. The molecule has 1 aliphatic carbocycles. The summed E-state index contributed by atoms with van der Waals surface area (Å²) in [6, 6.07) is 4.42. The van der Waals surface area contributed by atoms with Crippen LogP contribution in [0, 0.1) is 0 Å². The molecule has 2 N–H and O–H groups in total. The van der Waals surface area contributed by atoms with Crippen LogP contribution >= 0.6 is 11.8 Å². The molecule has 30 heavy (non-hydrogen) atoms. The highest BCUT2D eigenvalue weighted by atomic mass is 32.2. The Bertz CT molecular complexity index is 732. The Kier molecular flexibility index (Phi) is 7.79. The lowest BCUT2D eigenvalue weighted by Crippen LogP contribution is -2.45. The quantitative estimate of drug-likeness (QED) is 0.539. The van der Waals surface area contributed by atoms with Gasteiger partial charge in [0.15, 0.2) is 5.96 Å². The van der Waals surface area contributed by atoms with E-state index >= 15 is 0 Å². The van der Waals surface area contributed by atoms with Crippen LogP contribution in [0.15, 0.2) is 23.2 Å². The number of nitrogens with zero attached hydrogens (tertiary/aromatic N) is 3. The highest BCUT2D eigenvalue weighted by Gasteiger charge is 2.32. The summed E-state index contributed by atoms with van der Waals surface area (Å²) >= 11 is 1.89. The highest BCUT2D eigenvalue weighted by molar-refractivity contribution is 7.99. The summed E-state index contributed by atoms with van der Waals surface area (Å²) in [5.74, 6) is 0.642. The fraction of sp³-hybridized carbons (Fsp3) is 0.667. The molecule has 1 saturated carbocycles. The van der Waals surface area contributed by atoms with Gasteiger partial charge in [0, 0.05) is 56.8 Å². The molecule has 2 atom stereocenters. The second-order valence-corrected chi connectivity index (χ2v) is 9.21. The molecule has 2 unspecified atom stereocenters. The van der Waals surface area contributed by atoms with Crippen LogP contribution in [0.25, 0.3) is 0 Å². The Morgan fingerprint density at radius 3 is 2.53 bits per heavy atom. The Morgan fingerprint density at radius 2 is 1.93 bits per heavy atom. The molecule has 5 nitrogen and oxygen atoms in total. The van der Waals surface area contributed by atoms with E-state index in [0.29, 0.717) is 29.4 Å². The molecule has 0 bridgehead atoms. The third-order valence-electron chi connectivity index (χ3n) is 5.98. The van der Waals surface area contributed by atoms with Crippen molar-refractivity contribution >= 4 is 23.4 Å². The summed E-state index contributed by atoms with van der Waals surface area (Å²) in [6.45, 7) is 3.70. The first-order chi connectivity index (χ1) is 14.3. The number of hydrogen-bond donors (Lipinski definition) is 2. The monoisotopic (exact) mass is 443 g/mol. The molecule has 2 fully saturated rings. The van der Waals surface area contributed by atoms with Gasteiger partial charge in [-0.05, 0) is 56.3 Å². The van der Waals surface area contributed by atoms with E-state index in [9.17, 15) is 13.2 Å². The lowest BCUT2D eigenvalue weighted by molar-refractivity contribution is -0.137. The van der Waals surface area contributed by atoms with Crippen molar-refractivity contribution in [1.82, 2.24) is 15.5 Å². The maximum Gasteiger partial charge on any atom is 0.416 e. The molecule has 0 amide bonds. The molecule has 0 aromatic heterocycles. The number of anilines is 1. The maximum atomic E-state index is 13.3. The van der Waals surface area contributed by atoms with E-state index in [2.05, 4.69) is 38.7 Å². The molecule has 1 aromatic rings. The standard InChI is InChI=1S/C21H32F3N5S/c1-25-20(27-17-5-6-18(13-17)30-3)26-14-15-12-16(21(22,23)24)4-7-19(15)29-10-8-28(2)9-11-29/h4,7,12,17-18H,5-6,8-11,13-14H2,1-3H3,(H2,25,26,27). The Hall–Kier alpha value is -1.61. The number of rotatable bonds is 5. The molecule has 9 heteroatoms. The molecule has 168 valence electrons. The van der Waals surface area contributed by atoms with E-state index in [0.717, 1.165) is 44.7 Å². The molecular weight excluding hydrogens is 411 g/mol.